The van der Waals surface area contributed by atoms with E-state index in [-0.39, 0.29) is 13.1 Å². The Labute approximate surface area is 125 Å². The highest BCUT2D eigenvalue weighted by Crippen LogP contribution is 2.33. The van der Waals surface area contributed by atoms with Crippen LogP contribution < -0.4 is 0 Å². The van der Waals surface area contributed by atoms with Gasteiger partial charge in [-0.3, -0.25) is 9.59 Å². The smallest absolute Gasteiger partial charge is 0.389 e. The van der Waals surface area contributed by atoms with Gasteiger partial charge in [0.15, 0.2) is 0 Å². The van der Waals surface area contributed by atoms with Gasteiger partial charge in [0.2, 0.25) is 5.91 Å². The van der Waals surface area contributed by atoms with E-state index in [1.54, 1.807) is 30.3 Å². The largest absolute Gasteiger partial charge is 0.481 e. The average molecular weight is 315 g/mol. The van der Waals surface area contributed by atoms with E-state index in [0.717, 1.165) is 5.56 Å². The molecule has 0 unspecified atom stereocenters. The summed E-state index contributed by atoms with van der Waals surface area (Å²) in [7, 11) is 0. The number of nitrogens with zero attached hydrogens (tertiary/aromatic N) is 1. The summed E-state index contributed by atoms with van der Waals surface area (Å²) in [5.74, 6) is -2.88. The van der Waals surface area contributed by atoms with Gasteiger partial charge < -0.3 is 10.0 Å². The molecule has 0 bridgehead atoms. The second-order valence-electron chi connectivity index (χ2n) is 5.38. The molecule has 1 N–H and O–H groups in total. The Morgan fingerprint density at radius 1 is 1.18 bits per heavy atom. The summed E-state index contributed by atoms with van der Waals surface area (Å²) < 4.78 is 36.6. The van der Waals surface area contributed by atoms with E-state index in [1.165, 1.54) is 4.90 Å². The normalized spacial score (nSPS) is 21.9. The van der Waals surface area contributed by atoms with E-state index in [4.69, 9.17) is 0 Å². The Kier molecular flexibility index (Phi) is 4.73. The fraction of sp³-hybridized carbons (Fsp3) is 0.467. The summed E-state index contributed by atoms with van der Waals surface area (Å²) in [6.45, 7) is 0.0866. The fourth-order valence-electron chi connectivity index (χ4n) is 2.70. The van der Waals surface area contributed by atoms with E-state index in [1.807, 2.05) is 0 Å². The Morgan fingerprint density at radius 2 is 1.82 bits per heavy atom. The second-order valence-corrected chi connectivity index (χ2v) is 5.38. The molecule has 1 fully saturated rings. The first-order valence-corrected chi connectivity index (χ1v) is 6.90. The van der Waals surface area contributed by atoms with Crippen molar-refractivity contribution >= 4 is 11.9 Å². The van der Waals surface area contributed by atoms with Crippen LogP contribution >= 0.6 is 0 Å². The number of hydrogen-bond donors (Lipinski definition) is 1. The van der Waals surface area contributed by atoms with E-state index in [0.29, 0.717) is 0 Å². The fourth-order valence-corrected chi connectivity index (χ4v) is 2.70. The number of carboxylic acids is 1. The van der Waals surface area contributed by atoms with Crippen molar-refractivity contribution in [2.24, 2.45) is 5.92 Å². The zero-order valence-corrected chi connectivity index (χ0v) is 11.7. The molecular formula is C15H16F3NO3. The molecule has 1 aromatic rings. The van der Waals surface area contributed by atoms with Crippen molar-refractivity contribution in [3.05, 3.63) is 35.9 Å². The van der Waals surface area contributed by atoms with Crippen LogP contribution in [0.3, 0.4) is 0 Å². The predicted octanol–water partition coefficient (Wildman–Crippen LogP) is 2.66. The molecular weight excluding hydrogens is 299 g/mol. The lowest BCUT2D eigenvalue weighted by Gasteiger charge is -2.17. The van der Waals surface area contributed by atoms with Crippen LogP contribution in [0.2, 0.25) is 0 Å². The lowest BCUT2D eigenvalue weighted by Crippen LogP contribution is -2.30. The second kappa shape index (κ2) is 6.37. The molecule has 1 aliphatic rings. The van der Waals surface area contributed by atoms with Gasteiger partial charge in [-0.05, 0) is 5.56 Å². The molecule has 1 heterocycles. The lowest BCUT2D eigenvalue weighted by atomic mass is 9.89. The highest BCUT2D eigenvalue weighted by atomic mass is 19.4. The number of carbonyl (C=O) groups excluding carboxylic acids is 1. The molecule has 0 spiro atoms. The molecule has 120 valence electrons. The molecule has 1 aromatic carbocycles. The standard InChI is InChI=1S/C15H16F3NO3/c16-15(17,18)7-6-13(20)19-8-11(12(9-19)14(21)22)10-4-2-1-3-5-10/h1-5,11-12H,6-9H2,(H,21,22)/t11-,12-/m1/s1. The van der Waals surface area contributed by atoms with Crippen LogP contribution in [0.15, 0.2) is 30.3 Å². The van der Waals surface area contributed by atoms with Crippen molar-refractivity contribution < 1.29 is 27.9 Å². The molecule has 4 nitrogen and oxygen atoms in total. The van der Waals surface area contributed by atoms with Crippen LogP contribution in [-0.2, 0) is 9.59 Å². The Balaban J connectivity index is 2.08. The van der Waals surface area contributed by atoms with Gasteiger partial charge in [-0.1, -0.05) is 30.3 Å². The molecule has 7 heteroatoms. The zero-order valence-electron chi connectivity index (χ0n) is 11.7. The average Bonchev–Trinajstić information content (AvgIpc) is 2.90. The summed E-state index contributed by atoms with van der Waals surface area (Å²) in [4.78, 5) is 24.4. The van der Waals surface area contributed by atoms with Crippen LogP contribution in [0.1, 0.15) is 24.3 Å². The summed E-state index contributed by atoms with van der Waals surface area (Å²) in [5, 5.41) is 9.29. The Hall–Kier alpha value is -2.05. The highest BCUT2D eigenvalue weighted by molar-refractivity contribution is 5.79. The number of carboxylic acid groups (broad SMARTS) is 1. The number of likely N-dealkylation sites (tertiary alicyclic amines) is 1. The number of benzene rings is 1. The third-order valence-electron chi connectivity index (χ3n) is 3.84. The first-order chi connectivity index (χ1) is 10.3. The van der Waals surface area contributed by atoms with Crippen molar-refractivity contribution in [2.75, 3.05) is 13.1 Å². The van der Waals surface area contributed by atoms with Gasteiger partial charge in [-0.25, -0.2) is 0 Å². The monoisotopic (exact) mass is 315 g/mol. The van der Waals surface area contributed by atoms with Crippen molar-refractivity contribution in [3.63, 3.8) is 0 Å². The molecule has 1 saturated heterocycles. The number of halogens is 3. The third-order valence-corrected chi connectivity index (χ3v) is 3.84. The molecule has 0 radical (unpaired) electrons. The number of carbonyl (C=O) groups is 2. The number of rotatable bonds is 4. The summed E-state index contributed by atoms with van der Waals surface area (Å²) in [6, 6.07) is 8.86. The van der Waals surface area contributed by atoms with E-state index in [9.17, 15) is 27.9 Å². The van der Waals surface area contributed by atoms with Crippen molar-refractivity contribution in [1.29, 1.82) is 0 Å². The van der Waals surface area contributed by atoms with Crippen molar-refractivity contribution in [1.82, 2.24) is 4.90 Å². The van der Waals surface area contributed by atoms with E-state index in [2.05, 4.69) is 0 Å². The maximum Gasteiger partial charge on any atom is 0.389 e. The van der Waals surface area contributed by atoms with Crippen LogP contribution in [0, 0.1) is 5.92 Å². The SMILES string of the molecule is O=C(O)[C@@H]1CN(C(=O)CCC(F)(F)F)C[C@@H]1c1ccccc1. The van der Waals surface area contributed by atoms with Gasteiger partial charge >= 0.3 is 12.1 Å². The predicted molar refractivity (Wildman–Crippen MR) is 72.2 cm³/mol. The summed E-state index contributed by atoms with van der Waals surface area (Å²) >= 11 is 0. The lowest BCUT2D eigenvalue weighted by molar-refractivity contribution is -0.149. The van der Waals surface area contributed by atoms with Crippen LogP contribution in [0.25, 0.3) is 0 Å². The molecule has 0 saturated carbocycles. The minimum absolute atomic E-state index is 0.0500. The van der Waals surface area contributed by atoms with Gasteiger partial charge in [0, 0.05) is 25.4 Å². The molecule has 2 rings (SSSR count). The van der Waals surface area contributed by atoms with Crippen LogP contribution in [0.5, 0.6) is 0 Å². The molecule has 2 atom stereocenters. The van der Waals surface area contributed by atoms with Crippen LogP contribution in [0.4, 0.5) is 13.2 Å². The number of amides is 1. The quantitative estimate of drug-likeness (QED) is 0.929. The summed E-state index contributed by atoms with van der Waals surface area (Å²) in [5.41, 5.74) is 0.779. The number of aliphatic carboxylic acids is 1. The van der Waals surface area contributed by atoms with Crippen molar-refractivity contribution in [3.8, 4) is 0 Å². The third kappa shape index (κ3) is 3.99. The first-order valence-electron chi connectivity index (χ1n) is 6.90. The Bertz CT molecular complexity index is 545. The minimum atomic E-state index is -4.39. The highest BCUT2D eigenvalue weighted by Gasteiger charge is 2.41. The number of hydrogen-bond acceptors (Lipinski definition) is 2. The Morgan fingerprint density at radius 3 is 2.36 bits per heavy atom. The maximum absolute atomic E-state index is 12.2. The first kappa shape index (κ1) is 16.3. The van der Waals surface area contributed by atoms with Gasteiger partial charge in [-0.15, -0.1) is 0 Å². The minimum Gasteiger partial charge on any atom is -0.481 e. The number of alkyl halides is 3. The van der Waals surface area contributed by atoms with Gasteiger partial charge in [0.05, 0.1) is 12.3 Å². The molecule has 1 aliphatic heterocycles. The van der Waals surface area contributed by atoms with E-state index >= 15 is 0 Å². The van der Waals surface area contributed by atoms with Crippen LogP contribution in [-0.4, -0.2) is 41.1 Å². The maximum atomic E-state index is 12.2. The van der Waals surface area contributed by atoms with Gasteiger partial charge in [0.1, 0.15) is 0 Å². The zero-order chi connectivity index (χ0) is 16.3. The molecule has 1 amide bonds. The van der Waals surface area contributed by atoms with Crippen molar-refractivity contribution in [2.45, 2.75) is 24.9 Å². The van der Waals surface area contributed by atoms with E-state index < -0.39 is 42.7 Å². The van der Waals surface area contributed by atoms with Gasteiger partial charge in [-0.2, -0.15) is 13.2 Å². The molecule has 0 aliphatic carbocycles. The molecule has 0 aromatic heterocycles. The summed E-state index contributed by atoms with van der Waals surface area (Å²) in [6.07, 6.45) is -6.21. The topological polar surface area (TPSA) is 57.6 Å². The van der Waals surface area contributed by atoms with Gasteiger partial charge in [0.25, 0.3) is 0 Å². The molecule has 22 heavy (non-hydrogen) atoms.